The molecule has 0 saturated carbocycles. The van der Waals surface area contributed by atoms with Gasteiger partial charge in [0.15, 0.2) is 0 Å². The highest BCUT2D eigenvalue weighted by molar-refractivity contribution is 6.12. The van der Waals surface area contributed by atoms with E-state index < -0.39 is 0 Å². The molecule has 3 nitrogen and oxygen atoms in total. The average molecular weight is 481 g/mol. The highest BCUT2D eigenvalue weighted by Crippen LogP contribution is 2.43. The number of allylic oxidation sites excluding steroid dienone is 1. The molecule has 1 aromatic heterocycles. The Kier molecular flexibility index (Phi) is 7.25. The maximum absolute atomic E-state index is 14.0. The summed E-state index contributed by atoms with van der Waals surface area (Å²) >= 11 is 0. The van der Waals surface area contributed by atoms with E-state index in [9.17, 15) is 9.18 Å². The van der Waals surface area contributed by atoms with Crippen LogP contribution in [0.25, 0.3) is 28.6 Å². The lowest BCUT2D eigenvalue weighted by molar-refractivity contribution is 0.102. The SMILES string of the molecule is CC(C)c1c(C(=O)Nc2ccccc2)c(-c2ccccc2)c(-c2ccc(F)cc2)n1C=CC(C)(C)C. The van der Waals surface area contributed by atoms with Crippen molar-refractivity contribution >= 4 is 17.8 Å². The molecule has 0 atom stereocenters. The number of nitrogens with one attached hydrogen (secondary N) is 1. The van der Waals surface area contributed by atoms with Crippen LogP contribution in [0.1, 0.15) is 56.6 Å². The fourth-order valence-corrected chi connectivity index (χ4v) is 4.35. The van der Waals surface area contributed by atoms with Crippen molar-refractivity contribution in [2.75, 3.05) is 5.32 Å². The molecule has 1 N–H and O–H groups in total. The van der Waals surface area contributed by atoms with Crippen LogP contribution in [0.5, 0.6) is 0 Å². The second-order valence-electron chi connectivity index (χ2n) is 10.4. The van der Waals surface area contributed by atoms with Gasteiger partial charge in [-0.25, -0.2) is 4.39 Å². The molecule has 4 aromatic rings. The molecule has 4 heteroatoms. The van der Waals surface area contributed by atoms with E-state index in [0.29, 0.717) is 5.56 Å². The molecule has 1 amide bonds. The summed E-state index contributed by atoms with van der Waals surface area (Å²) in [5.74, 6) is -0.424. The van der Waals surface area contributed by atoms with E-state index in [-0.39, 0.29) is 23.1 Å². The Morgan fingerprint density at radius 2 is 1.44 bits per heavy atom. The Bertz CT molecular complexity index is 1360. The number of rotatable bonds is 6. The number of para-hydroxylation sites is 1. The summed E-state index contributed by atoms with van der Waals surface area (Å²) in [7, 11) is 0. The molecule has 0 aliphatic heterocycles. The van der Waals surface area contributed by atoms with Crippen LogP contribution in [0.15, 0.2) is 91.0 Å². The molecule has 0 aliphatic rings. The van der Waals surface area contributed by atoms with Crippen molar-refractivity contribution in [3.05, 3.63) is 108 Å². The minimum atomic E-state index is -0.297. The molecule has 0 saturated heterocycles. The first-order valence-electron chi connectivity index (χ1n) is 12.3. The van der Waals surface area contributed by atoms with E-state index in [1.807, 2.05) is 60.7 Å². The van der Waals surface area contributed by atoms with Crippen LogP contribution in [-0.4, -0.2) is 10.5 Å². The number of amides is 1. The minimum Gasteiger partial charge on any atom is -0.322 e. The number of hydrogen-bond donors (Lipinski definition) is 1. The van der Waals surface area contributed by atoms with Gasteiger partial charge in [0, 0.05) is 23.1 Å². The van der Waals surface area contributed by atoms with Crippen LogP contribution in [0.3, 0.4) is 0 Å². The van der Waals surface area contributed by atoms with Crippen LogP contribution >= 0.6 is 0 Å². The molecule has 4 rings (SSSR count). The van der Waals surface area contributed by atoms with Gasteiger partial charge in [0.05, 0.1) is 11.3 Å². The highest BCUT2D eigenvalue weighted by atomic mass is 19.1. The fraction of sp³-hybridized carbons (Fsp3) is 0.219. The number of nitrogens with zero attached hydrogens (tertiary/aromatic N) is 1. The maximum Gasteiger partial charge on any atom is 0.258 e. The second-order valence-corrected chi connectivity index (χ2v) is 10.4. The molecule has 184 valence electrons. The number of aromatic nitrogens is 1. The van der Waals surface area contributed by atoms with Crippen molar-refractivity contribution in [3.63, 3.8) is 0 Å². The van der Waals surface area contributed by atoms with Gasteiger partial charge in [-0.3, -0.25) is 4.79 Å². The number of hydrogen-bond acceptors (Lipinski definition) is 1. The monoisotopic (exact) mass is 480 g/mol. The third-order valence-electron chi connectivity index (χ3n) is 5.95. The number of carbonyl (C=O) groups is 1. The molecule has 36 heavy (non-hydrogen) atoms. The van der Waals surface area contributed by atoms with E-state index in [2.05, 4.69) is 56.8 Å². The first-order chi connectivity index (χ1) is 17.2. The van der Waals surface area contributed by atoms with Gasteiger partial charge < -0.3 is 9.88 Å². The highest BCUT2D eigenvalue weighted by Gasteiger charge is 2.30. The first-order valence-corrected chi connectivity index (χ1v) is 12.3. The van der Waals surface area contributed by atoms with Crippen LogP contribution in [0.4, 0.5) is 10.1 Å². The van der Waals surface area contributed by atoms with E-state index in [1.165, 1.54) is 12.1 Å². The summed E-state index contributed by atoms with van der Waals surface area (Å²) in [6, 6.07) is 25.9. The van der Waals surface area contributed by atoms with Gasteiger partial charge in [0.25, 0.3) is 5.91 Å². The second kappa shape index (κ2) is 10.4. The van der Waals surface area contributed by atoms with Crippen molar-refractivity contribution in [3.8, 4) is 22.4 Å². The van der Waals surface area contributed by atoms with Crippen molar-refractivity contribution < 1.29 is 9.18 Å². The average Bonchev–Trinajstić information content (AvgIpc) is 3.19. The third kappa shape index (κ3) is 5.49. The van der Waals surface area contributed by atoms with E-state index in [1.54, 1.807) is 12.1 Å². The molecular formula is C32H33FN2O. The van der Waals surface area contributed by atoms with Gasteiger partial charge in [0.1, 0.15) is 5.82 Å². The van der Waals surface area contributed by atoms with Crippen LogP contribution in [-0.2, 0) is 0 Å². The predicted octanol–water partition coefficient (Wildman–Crippen LogP) is 8.85. The number of carbonyl (C=O) groups excluding carboxylic acids is 1. The first kappa shape index (κ1) is 25.2. The van der Waals surface area contributed by atoms with Gasteiger partial charge in [-0.2, -0.15) is 0 Å². The van der Waals surface area contributed by atoms with Gasteiger partial charge in [0.2, 0.25) is 0 Å². The minimum absolute atomic E-state index is 0.0443. The Morgan fingerprint density at radius 1 is 0.861 bits per heavy atom. The normalized spacial score (nSPS) is 11.9. The van der Waals surface area contributed by atoms with Crippen molar-refractivity contribution in [1.29, 1.82) is 0 Å². The number of halogens is 1. The molecule has 0 fully saturated rings. The number of anilines is 1. The zero-order chi connectivity index (χ0) is 25.9. The van der Waals surface area contributed by atoms with E-state index >= 15 is 0 Å². The van der Waals surface area contributed by atoms with Crippen molar-refractivity contribution in [2.45, 2.75) is 40.5 Å². The standard InChI is InChI=1S/C32H33FN2O/c1-22(2)29-28(31(36)34-26-14-10-7-11-15-26)27(23-12-8-6-9-13-23)30(24-16-18-25(33)19-17-24)35(29)21-20-32(3,4)5/h6-22H,1-5H3,(H,34,36). The van der Waals surface area contributed by atoms with Crippen LogP contribution in [0, 0.1) is 11.2 Å². The van der Waals surface area contributed by atoms with Crippen LogP contribution in [0.2, 0.25) is 0 Å². The summed E-state index contributed by atoms with van der Waals surface area (Å²) in [4.78, 5) is 14.0. The Balaban J connectivity index is 2.08. The van der Waals surface area contributed by atoms with Crippen LogP contribution < -0.4 is 5.32 Å². The molecule has 0 unspecified atom stereocenters. The molecule has 0 spiro atoms. The largest absolute Gasteiger partial charge is 0.322 e. The summed E-state index contributed by atoms with van der Waals surface area (Å²) < 4.78 is 16.0. The zero-order valence-electron chi connectivity index (χ0n) is 21.5. The Hall–Kier alpha value is -3.92. The third-order valence-corrected chi connectivity index (χ3v) is 5.95. The predicted molar refractivity (Wildman–Crippen MR) is 149 cm³/mol. The lowest BCUT2D eigenvalue weighted by Crippen LogP contribution is -2.15. The topological polar surface area (TPSA) is 34.0 Å². The quantitative estimate of drug-likeness (QED) is 0.294. The summed E-state index contributed by atoms with van der Waals surface area (Å²) in [6.45, 7) is 10.6. The Labute approximate surface area is 213 Å². The summed E-state index contributed by atoms with van der Waals surface area (Å²) in [6.07, 6.45) is 4.19. The molecule has 0 aliphatic carbocycles. The lowest BCUT2D eigenvalue weighted by atomic mass is 9.94. The van der Waals surface area contributed by atoms with Gasteiger partial charge >= 0.3 is 0 Å². The molecule has 3 aromatic carbocycles. The molecule has 0 radical (unpaired) electrons. The molecule has 0 bridgehead atoms. The lowest BCUT2D eigenvalue weighted by Gasteiger charge is -2.17. The van der Waals surface area contributed by atoms with Gasteiger partial charge in [-0.1, -0.05) is 89.2 Å². The molecular weight excluding hydrogens is 447 g/mol. The Morgan fingerprint density at radius 3 is 2.00 bits per heavy atom. The van der Waals surface area contributed by atoms with E-state index in [0.717, 1.165) is 33.8 Å². The van der Waals surface area contributed by atoms with Crippen molar-refractivity contribution in [2.24, 2.45) is 5.41 Å². The fourth-order valence-electron chi connectivity index (χ4n) is 4.35. The zero-order valence-corrected chi connectivity index (χ0v) is 21.5. The van der Waals surface area contributed by atoms with Gasteiger partial charge in [-0.05, 0) is 58.9 Å². The summed E-state index contributed by atoms with van der Waals surface area (Å²) in [5.41, 5.74) is 5.66. The summed E-state index contributed by atoms with van der Waals surface area (Å²) in [5, 5.41) is 3.10. The smallest absolute Gasteiger partial charge is 0.258 e. The van der Waals surface area contributed by atoms with E-state index in [4.69, 9.17) is 0 Å². The van der Waals surface area contributed by atoms with Crippen molar-refractivity contribution in [1.82, 2.24) is 4.57 Å². The maximum atomic E-state index is 14.0. The number of benzene rings is 3. The molecule has 1 heterocycles. The van der Waals surface area contributed by atoms with Gasteiger partial charge in [-0.15, -0.1) is 0 Å².